The van der Waals surface area contributed by atoms with Crippen molar-refractivity contribution in [3.05, 3.63) is 101 Å². The van der Waals surface area contributed by atoms with Crippen molar-refractivity contribution < 1.29 is 23.9 Å². The van der Waals surface area contributed by atoms with Crippen LogP contribution in [-0.2, 0) is 9.53 Å². The molecule has 0 fully saturated rings. The summed E-state index contributed by atoms with van der Waals surface area (Å²) in [6, 6.07) is 22.6. The van der Waals surface area contributed by atoms with Gasteiger partial charge in [0.2, 0.25) is 0 Å². The SMILES string of the molecule is Cc1cccc(OCCNC(=O)COC(=O)c2ccccc2C(=O)c2ccccc2)c1. The average Bonchev–Trinajstić information content (AvgIpc) is 2.80. The summed E-state index contributed by atoms with van der Waals surface area (Å²) in [5.41, 5.74) is 1.89. The summed E-state index contributed by atoms with van der Waals surface area (Å²) in [5.74, 6) is -0.745. The van der Waals surface area contributed by atoms with Crippen molar-refractivity contribution in [1.82, 2.24) is 5.32 Å². The van der Waals surface area contributed by atoms with E-state index in [9.17, 15) is 14.4 Å². The smallest absolute Gasteiger partial charge is 0.339 e. The van der Waals surface area contributed by atoms with Crippen LogP contribution in [0, 0.1) is 6.92 Å². The molecule has 6 heteroatoms. The van der Waals surface area contributed by atoms with Gasteiger partial charge in [0, 0.05) is 11.1 Å². The van der Waals surface area contributed by atoms with Crippen LogP contribution in [-0.4, -0.2) is 37.4 Å². The maximum absolute atomic E-state index is 12.7. The first-order valence-corrected chi connectivity index (χ1v) is 9.86. The molecular weight excluding hydrogens is 394 g/mol. The lowest BCUT2D eigenvalue weighted by atomic mass is 9.98. The number of carbonyl (C=O) groups excluding carboxylic acids is 3. The lowest BCUT2D eigenvalue weighted by Crippen LogP contribution is -2.32. The third kappa shape index (κ3) is 6.27. The van der Waals surface area contributed by atoms with E-state index in [-0.39, 0.29) is 30.1 Å². The van der Waals surface area contributed by atoms with Crippen molar-refractivity contribution in [3.63, 3.8) is 0 Å². The van der Waals surface area contributed by atoms with Crippen molar-refractivity contribution in [2.75, 3.05) is 19.8 Å². The second-order valence-electron chi connectivity index (χ2n) is 6.83. The van der Waals surface area contributed by atoms with E-state index in [4.69, 9.17) is 9.47 Å². The number of hydrogen-bond donors (Lipinski definition) is 1. The minimum atomic E-state index is -0.731. The third-order valence-corrected chi connectivity index (χ3v) is 4.44. The number of amides is 1. The number of ketones is 1. The van der Waals surface area contributed by atoms with Gasteiger partial charge in [-0.15, -0.1) is 0 Å². The number of aryl methyl sites for hydroxylation is 1. The molecule has 3 aromatic carbocycles. The Morgan fingerprint density at radius 1 is 0.839 bits per heavy atom. The first-order chi connectivity index (χ1) is 15.0. The molecule has 0 spiro atoms. The molecule has 0 saturated carbocycles. The van der Waals surface area contributed by atoms with Gasteiger partial charge in [0.15, 0.2) is 12.4 Å². The number of nitrogens with one attached hydrogen (secondary N) is 1. The molecule has 1 amide bonds. The molecule has 0 saturated heterocycles. The van der Waals surface area contributed by atoms with Gasteiger partial charge < -0.3 is 14.8 Å². The van der Waals surface area contributed by atoms with Crippen molar-refractivity contribution in [2.24, 2.45) is 0 Å². The average molecular weight is 417 g/mol. The molecule has 31 heavy (non-hydrogen) atoms. The molecule has 0 heterocycles. The number of hydrogen-bond acceptors (Lipinski definition) is 5. The van der Waals surface area contributed by atoms with E-state index >= 15 is 0 Å². The Morgan fingerprint density at radius 2 is 1.55 bits per heavy atom. The Bertz CT molecular complexity index is 1060. The molecule has 6 nitrogen and oxygen atoms in total. The zero-order chi connectivity index (χ0) is 22.1. The molecule has 0 aliphatic carbocycles. The number of ether oxygens (including phenoxy) is 2. The Balaban J connectivity index is 1.49. The highest BCUT2D eigenvalue weighted by atomic mass is 16.5. The van der Waals surface area contributed by atoms with Gasteiger partial charge in [0.1, 0.15) is 12.4 Å². The standard InChI is InChI=1S/C25H23NO5/c1-18-8-7-11-20(16-18)30-15-14-26-23(27)17-31-25(29)22-13-6-5-12-21(22)24(28)19-9-3-2-4-10-19/h2-13,16H,14-15,17H2,1H3,(H,26,27). The predicted octanol–water partition coefficient (Wildman–Crippen LogP) is 3.58. The Morgan fingerprint density at radius 3 is 2.29 bits per heavy atom. The maximum atomic E-state index is 12.7. The molecular formula is C25H23NO5. The van der Waals surface area contributed by atoms with Gasteiger partial charge in [0.25, 0.3) is 5.91 Å². The van der Waals surface area contributed by atoms with Crippen molar-refractivity contribution >= 4 is 17.7 Å². The van der Waals surface area contributed by atoms with Crippen LogP contribution in [0.3, 0.4) is 0 Å². The highest BCUT2D eigenvalue weighted by Crippen LogP contribution is 2.16. The minimum Gasteiger partial charge on any atom is -0.492 e. The topological polar surface area (TPSA) is 81.7 Å². The molecule has 158 valence electrons. The van der Waals surface area contributed by atoms with Crippen LogP contribution in [0.1, 0.15) is 31.8 Å². The van der Waals surface area contributed by atoms with Crippen LogP contribution in [0.15, 0.2) is 78.9 Å². The van der Waals surface area contributed by atoms with Crippen molar-refractivity contribution in [1.29, 1.82) is 0 Å². The van der Waals surface area contributed by atoms with E-state index in [0.717, 1.165) is 11.3 Å². The summed E-state index contributed by atoms with van der Waals surface area (Å²) >= 11 is 0. The molecule has 3 aromatic rings. The summed E-state index contributed by atoms with van der Waals surface area (Å²) in [5, 5.41) is 2.63. The predicted molar refractivity (Wildman–Crippen MR) is 116 cm³/mol. The zero-order valence-corrected chi connectivity index (χ0v) is 17.2. The molecule has 0 aliphatic heterocycles. The lowest BCUT2D eigenvalue weighted by molar-refractivity contribution is -0.124. The summed E-state index contributed by atoms with van der Waals surface area (Å²) in [6.45, 7) is 2.08. The summed E-state index contributed by atoms with van der Waals surface area (Å²) in [4.78, 5) is 37.2. The summed E-state index contributed by atoms with van der Waals surface area (Å²) < 4.78 is 10.7. The molecule has 3 rings (SSSR count). The second-order valence-corrected chi connectivity index (χ2v) is 6.83. The fourth-order valence-corrected chi connectivity index (χ4v) is 2.93. The second kappa shape index (κ2) is 10.7. The fraction of sp³-hybridized carbons (Fsp3) is 0.160. The number of esters is 1. The van der Waals surface area contributed by atoms with Crippen LogP contribution in [0.4, 0.5) is 0 Å². The summed E-state index contributed by atoms with van der Waals surface area (Å²) in [7, 11) is 0. The van der Waals surface area contributed by atoms with Crippen LogP contribution in [0.5, 0.6) is 5.75 Å². The summed E-state index contributed by atoms with van der Waals surface area (Å²) in [6.07, 6.45) is 0. The van der Waals surface area contributed by atoms with Crippen LogP contribution in [0.25, 0.3) is 0 Å². The van der Waals surface area contributed by atoms with Crippen LogP contribution < -0.4 is 10.1 Å². The van der Waals surface area contributed by atoms with Crippen LogP contribution in [0.2, 0.25) is 0 Å². The van der Waals surface area contributed by atoms with Crippen molar-refractivity contribution in [3.8, 4) is 5.75 Å². The highest BCUT2D eigenvalue weighted by Gasteiger charge is 2.19. The highest BCUT2D eigenvalue weighted by molar-refractivity contribution is 6.14. The molecule has 0 atom stereocenters. The quantitative estimate of drug-likeness (QED) is 0.327. The van der Waals surface area contributed by atoms with E-state index in [1.807, 2.05) is 37.3 Å². The van der Waals surface area contributed by atoms with Gasteiger partial charge in [-0.1, -0.05) is 60.7 Å². The maximum Gasteiger partial charge on any atom is 0.339 e. The Hall–Kier alpha value is -3.93. The molecule has 0 unspecified atom stereocenters. The zero-order valence-electron chi connectivity index (χ0n) is 17.2. The van der Waals surface area contributed by atoms with Crippen LogP contribution >= 0.6 is 0 Å². The van der Waals surface area contributed by atoms with E-state index in [1.54, 1.807) is 42.5 Å². The largest absolute Gasteiger partial charge is 0.492 e. The normalized spacial score (nSPS) is 10.2. The number of carbonyl (C=O) groups is 3. The molecule has 0 aliphatic rings. The van der Waals surface area contributed by atoms with Crippen molar-refractivity contribution in [2.45, 2.75) is 6.92 Å². The molecule has 0 aromatic heterocycles. The van der Waals surface area contributed by atoms with Gasteiger partial charge in [-0.3, -0.25) is 9.59 Å². The van der Waals surface area contributed by atoms with E-state index < -0.39 is 18.5 Å². The van der Waals surface area contributed by atoms with E-state index in [2.05, 4.69) is 5.32 Å². The first kappa shape index (κ1) is 21.8. The van der Waals surface area contributed by atoms with E-state index in [0.29, 0.717) is 5.56 Å². The van der Waals surface area contributed by atoms with Gasteiger partial charge in [-0.05, 0) is 30.7 Å². The van der Waals surface area contributed by atoms with Gasteiger partial charge in [0.05, 0.1) is 12.1 Å². The van der Waals surface area contributed by atoms with Gasteiger partial charge in [-0.25, -0.2) is 4.79 Å². The first-order valence-electron chi connectivity index (χ1n) is 9.86. The molecule has 1 N–H and O–H groups in total. The van der Waals surface area contributed by atoms with Gasteiger partial charge >= 0.3 is 5.97 Å². The van der Waals surface area contributed by atoms with Gasteiger partial charge in [-0.2, -0.15) is 0 Å². The fourth-order valence-electron chi connectivity index (χ4n) is 2.93. The number of benzene rings is 3. The van der Waals surface area contributed by atoms with E-state index in [1.165, 1.54) is 6.07 Å². The molecule has 0 radical (unpaired) electrons. The monoisotopic (exact) mass is 417 g/mol. The number of rotatable bonds is 9. The third-order valence-electron chi connectivity index (χ3n) is 4.44. The minimum absolute atomic E-state index is 0.118. The molecule has 0 bridgehead atoms. The Labute approximate surface area is 180 Å². The Kier molecular flexibility index (Phi) is 7.54. The lowest BCUT2D eigenvalue weighted by Gasteiger charge is -2.10.